The Morgan fingerprint density at radius 3 is 2.20 bits per heavy atom. The third-order valence-electron chi connectivity index (χ3n) is 3.38. The normalized spacial score (nSPS) is 11.8. The highest BCUT2D eigenvalue weighted by molar-refractivity contribution is 5.35. The average Bonchev–Trinajstić information content (AvgIpc) is 2.51. The Morgan fingerprint density at radius 1 is 1.20 bits per heavy atom. The number of rotatable bonds is 7. The van der Waals surface area contributed by atoms with Crippen molar-refractivity contribution in [2.75, 3.05) is 7.11 Å². The fraction of sp³-hybridized carbons (Fsp3) is 0.294. The molecule has 1 unspecified atom stereocenters. The first-order chi connectivity index (χ1) is 9.67. The molecule has 1 atom stereocenters. The summed E-state index contributed by atoms with van der Waals surface area (Å²) in [5.74, 6) is 0.508. The number of nitriles is 2. The van der Waals surface area contributed by atoms with E-state index < -0.39 is 5.41 Å². The molecule has 3 heteroatoms. The molecule has 0 bridgehead atoms. The van der Waals surface area contributed by atoms with Gasteiger partial charge in [-0.1, -0.05) is 24.3 Å². The number of nitrogens with zero attached hydrogens (tertiary/aromatic N) is 2. The molecule has 0 aliphatic rings. The van der Waals surface area contributed by atoms with Crippen LogP contribution >= 0.6 is 0 Å². The number of ether oxygens (including phenoxy) is 1. The minimum atomic E-state index is -1.12. The van der Waals surface area contributed by atoms with Gasteiger partial charge in [-0.25, -0.2) is 0 Å². The smallest absolute Gasteiger partial charge is 0.154 e. The maximum atomic E-state index is 9.49. The lowest BCUT2D eigenvalue weighted by Crippen LogP contribution is -2.25. The molecule has 0 saturated carbocycles. The molecule has 0 fully saturated rings. The predicted octanol–water partition coefficient (Wildman–Crippen LogP) is 3.96. The molecule has 0 amide bonds. The van der Waals surface area contributed by atoms with Crippen molar-refractivity contribution in [3.05, 3.63) is 55.1 Å². The lowest BCUT2D eigenvalue weighted by molar-refractivity contribution is 0.407. The SMILES string of the molecule is C=CCC(c1ccc(OC)cc1)C(C#N)(C#N)CC=C. The quantitative estimate of drug-likeness (QED) is 0.702. The van der Waals surface area contributed by atoms with Crippen molar-refractivity contribution in [2.45, 2.75) is 18.8 Å². The molecule has 0 heterocycles. The third kappa shape index (κ3) is 3.08. The zero-order valence-corrected chi connectivity index (χ0v) is 11.7. The highest BCUT2D eigenvalue weighted by Gasteiger charge is 2.38. The van der Waals surface area contributed by atoms with Crippen LogP contribution in [0, 0.1) is 28.1 Å². The van der Waals surface area contributed by atoms with Crippen molar-refractivity contribution in [2.24, 2.45) is 5.41 Å². The average molecular weight is 266 g/mol. The van der Waals surface area contributed by atoms with E-state index >= 15 is 0 Å². The summed E-state index contributed by atoms with van der Waals surface area (Å²) < 4.78 is 5.13. The van der Waals surface area contributed by atoms with Gasteiger partial charge in [0.05, 0.1) is 19.2 Å². The van der Waals surface area contributed by atoms with Crippen LogP contribution < -0.4 is 4.74 Å². The fourth-order valence-corrected chi connectivity index (χ4v) is 2.27. The van der Waals surface area contributed by atoms with Crippen LogP contribution in [0.2, 0.25) is 0 Å². The van der Waals surface area contributed by atoms with E-state index in [9.17, 15) is 10.5 Å². The van der Waals surface area contributed by atoms with Crippen LogP contribution in [-0.4, -0.2) is 7.11 Å². The Bertz CT molecular complexity index is 532. The second-order valence-corrected chi connectivity index (χ2v) is 4.54. The molecule has 1 rings (SSSR count). The highest BCUT2D eigenvalue weighted by atomic mass is 16.5. The first-order valence-electron chi connectivity index (χ1n) is 6.35. The Morgan fingerprint density at radius 2 is 1.80 bits per heavy atom. The number of hydrogen-bond acceptors (Lipinski definition) is 3. The minimum absolute atomic E-state index is 0.237. The van der Waals surface area contributed by atoms with Crippen LogP contribution in [0.3, 0.4) is 0 Å². The summed E-state index contributed by atoms with van der Waals surface area (Å²) in [6.45, 7) is 7.39. The van der Waals surface area contributed by atoms with E-state index in [0.717, 1.165) is 11.3 Å². The van der Waals surface area contributed by atoms with Crippen molar-refractivity contribution < 1.29 is 4.74 Å². The van der Waals surface area contributed by atoms with E-state index in [1.165, 1.54) is 0 Å². The van der Waals surface area contributed by atoms with Gasteiger partial charge in [0.1, 0.15) is 5.75 Å². The molecule has 102 valence electrons. The molecule has 0 spiro atoms. The molecule has 1 aromatic carbocycles. The second-order valence-electron chi connectivity index (χ2n) is 4.54. The molecule has 0 saturated heterocycles. The fourth-order valence-electron chi connectivity index (χ4n) is 2.27. The zero-order chi connectivity index (χ0) is 15.0. The van der Waals surface area contributed by atoms with E-state index in [2.05, 4.69) is 25.3 Å². The monoisotopic (exact) mass is 266 g/mol. The standard InChI is InChI=1S/C17H18N2O/c1-4-6-16(17(12-18,13-19)11-5-2)14-7-9-15(20-3)10-8-14/h4-5,7-10,16H,1-2,6,11H2,3H3. The highest BCUT2D eigenvalue weighted by Crippen LogP contribution is 2.41. The van der Waals surface area contributed by atoms with Crippen molar-refractivity contribution >= 4 is 0 Å². The summed E-state index contributed by atoms with van der Waals surface area (Å²) in [6, 6.07) is 11.8. The van der Waals surface area contributed by atoms with Crippen molar-refractivity contribution in [1.82, 2.24) is 0 Å². The van der Waals surface area contributed by atoms with Crippen LogP contribution in [0.1, 0.15) is 24.3 Å². The van der Waals surface area contributed by atoms with Crippen LogP contribution in [0.15, 0.2) is 49.6 Å². The van der Waals surface area contributed by atoms with Gasteiger partial charge in [-0.3, -0.25) is 0 Å². The first kappa shape index (κ1) is 15.5. The Kier molecular flexibility index (Phi) is 5.56. The van der Waals surface area contributed by atoms with Gasteiger partial charge in [0.25, 0.3) is 0 Å². The van der Waals surface area contributed by atoms with E-state index in [-0.39, 0.29) is 5.92 Å². The molecule has 0 radical (unpaired) electrons. The maximum absolute atomic E-state index is 9.49. The Balaban J connectivity index is 3.27. The van der Waals surface area contributed by atoms with Gasteiger partial charge in [0, 0.05) is 5.92 Å². The molecule has 20 heavy (non-hydrogen) atoms. The lowest BCUT2D eigenvalue weighted by Gasteiger charge is -2.28. The van der Waals surface area contributed by atoms with E-state index in [4.69, 9.17) is 4.74 Å². The second kappa shape index (κ2) is 7.16. The van der Waals surface area contributed by atoms with E-state index in [1.54, 1.807) is 19.3 Å². The van der Waals surface area contributed by atoms with Crippen molar-refractivity contribution in [3.63, 3.8) is 0 Å². The summed E-state index contributed by atoms with van der Waals surface area (Å²) >= 11 is 0. The van der Waals surface area contributed by atoms with E-state index in [0.29, 0.717) is 12.8 Å². The number of benzene rings is 1. The summed E-state index contributed by atoms with van der Waals surface area (Å²) in [4.78, 5) is 0. The molecule has 0 aliphatic heterocycles. The predicted molar refractivity (Wildman–Crippen MR) is 79.0 cm³/mol. The minimum Gasteiger partial charge on any atom is -0.497 e. The van der Waals surface area contributed by atoms with Gasteiger partial charge in [-0.05, 0) is 30.5 Å². The van der Waals surface area contributed by atoms with Gasteiger partial charge >= 0.3 is 0 Å². The molecule has 0 N–H and O–H groups in total. The van der Waals surface area contributed by atoms with Crippen molar-refractivity contribution in [3.8, 4) is 17.9 Å². The van der Waals surface area contributed by atoms with Crippen molar-refractivity contribution in [1.29, 1.82) is 10.5 Å². The maximum Gasteiger partial charge on any atom is 0.154 e. The summed E-state index contributed by atoms with van der Waals surface area (Å²) in [7, 11) is 1.60. The lowest BCUT2D eigenvalue weighted by atomic mass is 9.70. The Labute approximate surface area is 120 Å². The van der Waals surface area contributed by atoms with Crippen LogP contribution in [0.4, 0.5) is 0 Å². The Hall–Kier alpha value is -2.52. The number of allylic oxidation sites excluding steroid dienone is 2. The molecule has 0 aliphatic carbocycles. The summed E-state index contributed by atoms with van der Waals surface area (Å²) in [5.41, 5.74) is -0.194. The molecular formula is C17H18N2O. The van der Waals surface area contributed by atoms with Gasteiger partial charge < -0.3 is 4.74 Å². The van der Waals surface area contributed by atoms with Gasteiger partial charge in [-0.2, -0.15) is 10.5 Å². The molecule has 3 nitrogen and oxygen atoms in total. The van der Waals surface area contributed by atoms with Crippen LogP contribution in [0.5, 0.6) is 5.75 Å². The number of hydrogen-bond donors (Lipinski definition) is 0. The molecule has 1 aromatic rings. The first-order valence-corrected chi connectivity index (χ1v) is 6.35. The summed E-state index contributed by atoms with van der Waals surface area (Å²) in [6.07, 6.45) is 4.24. The van der Waals surface area contributed by atoms with Gasteiger partial charge in [0.15, 0.2) is 5.41 Å². The molecule has 0 aromatic heterocycles. The van der Waals surface area contributed by atoms with Gasteiger partial charge in [-0.15, -0.1) is 13.2 Å². The van der Waals surface area contributed by atoms with E-state index in [1.807, 2.05) is 24.3 Å². The zero-order valence-electron chi connectivity index (χ0n) is 11.7. The van der Waals surface area contributed by atoms with Crippen LogP contribution in [0.25, 0.3) is 0 Å². The van der Waals surface area contributed by atoms with Crippen LogP contribution in [-0.2, 0) is 0 Å². The third-order valence-corrected chi connectivity index (χ3v) is 3.38. The van der Waals surface area contributed by atoms with Gasteiger partial charge in [0.2, 0.25) is 0 Å². The largest absolute Gasteiger partial charge is 0.497 e. The summed E-state index contributed by atoms with van der Waals surface area (Å²) in [5, 5.41) is 19.0. The molecular weight excluding hydrogens is 248 g/mol. The number of methoxy groups -OCH3 is 1. The topological polar surface area (TPSA) is 56.8 Å².